The number of hydrogen-bond acceptors (Lipinski definition) is 6. The zero-order valence-corrected chi connectivity index (χ0v) is 17.8. The Hall–Kier alpha value is -3.59. The molecule has 0 fully saturated rings. The molecule has 1 atom stereocenters. The van der Waals surface area contributed by atoms with Gasteiger partial charge in [-0.2, -0.15) is 5.10 Å². The maximum Gasteiger partial charge on any atom is 0.262 e. The Morgan fingerprint density at radius 3 is 2.65 bits per heavy atom. The Morgan fingerprint density at radius 1 is 1.19 bits per heavy atom. The Bertz CT molecular complexity index is 1250. The third-order valence-electron chi connectivity index (χ3n) is 4.70. The molecule has 2 N–H and O–H groups in total. The smallest absolute Gasteiger partial charge is 0.262 e. The van der Waals surface area contributed by atoms with Gasteiger partial charge in [-0.1, -0.05) is 42.1 Å². The van der Waals surface area contributed by atoms with Gasteiger partial charge in [0, 0.05) is 6.54 Å². The lowest BCUT2D eigenvalue weighted by atomic mass is 10.2. The fourth-order valence-electron chi connectivity index (χ4n) is 3.01. The van der Waals surface area contributed by atoms with Crippen LogP contribution in [0.25, 0.3) is 16.7 Å². The number of H-pyrrole nitrogens is 1. The molecular weight excluding hydrogens is 414 g/mol. The number of nitrogens with zero attached hydrogens (tertiary/aromatic N) is 3. The van der Waals surface area contributed by atoms with E-state index in [0.29, 0.717) is 22.7 Å². The number of amides is 1. The van der Waals surface area contributed by atoms with Crippen LogP contribution < -0.4 is 15.6 Å². The van der Waals surface area contributed by atoms with Crippen molar-refractivity contribution in [2.45, 2.75) is 23.9 Å². The SMILES string of the molecule is COc1ccc(CNC(=O)[C@H](C)Sc2nc3c(cnn3-c3ccccc3)c(=O)[nH]2)cc1. The summed E-state index contributed by atoms with van der Waals surface area (Å²) in [4.78, 5) is 32.3. The lowest BCUT2D eigenvalue weighted by molar-refractivity contribution is -0.120. The second-order valence-corrected chi connectivity index (χ2v) is 8.16. The molecule has 0 unspecified atom stereocenters. The molecule has 0 spiro atoms. The fraction of sp³-hybridized carbons (Fsp3) is 0.182. The van der Waals surface area contributed by atoms with Crippen LogP contribution >= 0.6 is 11.8 Å². The van der Waals surface area contributed by atoms with Gasteiger partial charge in [-0.15, -0.1) is 0 Å². The summed E-state index contributed by atoms with van der Waals surface area (Å²) in [5, 5.41) is 7.50. The third-order valence-corrected chi connectivity index (χ3v) is 5.68. The molecule has 2 aromatic carbocycles. The Morgan fingerprint density at radius 2 is 1.94 bits per heavy atom. The van der Waals surface area contributed by atoms with Crippen molar-refractivity contribution in [2.75, 3.05) is 7.11 Å². The minimum absolute atomic E-state index is 0.153. The molecule has 0 aliphatic rings. The van der Waals surface area contributed by atoms with E-state index in [1.165, 1.54) is 18.0 Å². The predicted molar refractivity (Wildman–Crippen MR) is 120 cm³/mol. The molecule has 0 saturated carbocycles. The van der Waals surface area contributed by atoms with Gasteiger partial charge in [0.1, 0.15) is 11.1 Å². The summed E-state index contributed by atoms with van der Waals surface area (Å²) < 4.78 is 6.75. The van der Waals surface area contributed by atoms with Crippen molar-refractivity contribution >= 4 is 28.7 Å². The van der Waals surface area contributed by atoms with Crippen LogP contribution in [0.15, 0.2) is 70.7 Å². The minimum Gasteiger partial charge on any atom is -0.497 e. The Balaban J connectivity index is 1.48. The summed E-state index contributed by atoms with van der Waals surface area (Å²) in [6.45, 7) is 2.17. The maximum absolute atomic E-state index is 12.5. The molecule has 2 heterocycles. The van der Waals surface area contributed by atoms with Gasteiger partial charge >= 0.3 is 0 Å². The Kier molecular flexibility index (Phi) is 6.03. The number of thioether (sulfide) groups is 1. The van der Waals surface area contributed by atoms with Crippen molar-refractivity contribution in [1.29, 1.82) is 0 Å². The number of nitrogens with one attached hydrogen (secondary N) is 2. The lowest BCUT2D eigenvalue weighted by Crippen LogP contribution is -2.30. The van der Waals surface area contributed by atoms with E-state index < -0.39 is 5.25 Å². The van der Waals surface area contributed by atoms with Crippen LogP contribution in [0.1, 0.15) is 12.5 Å². The van der Waals surface area contributed by atoms with Crippen LogP contribution in [0, 0.1) is 0 Å². The van der Waals surface area contributed by atoms with Gasteiger partial charge in [-0.05, 0) is 36.8 Å². The highest BCUT2D eigenvalue weighted by Crippen LogP contribution is 2.21. The standard InChI is InChI=1S/C22H21N5O3S/c1-14(20(28)23-12-15-8-10-17(30-2)11-9-15)31-22-25-19-18(21(29)26-22)13-24-27(19)16-6-4-3-5-7-16/h3-11,13-14H,12H2,1-2H3,(H,23,28)(H,25,26,29)/t14-/m0/s1. The van der Waals surface area contributed by atoms with Crippen LogP contribution in [0.5, 0.6) is 5.75 Å². The second kappa shape index (κ2) is 9.05. The molecule has 0 radical (unpaired) electrons. The molecule has 158 valence electrons. The number of methoxy groups -OCH3 is 1. The largest absolute Gasteiger partial charge is 0.497 e. The van der Waals surface area contributed by atoms with E-state index in [9.17, 15) is 9.59 Å². The van der Waals surface area contributed by atoms with Crippen LogP contribution in [0.3, 0.4) is 0 Å². The van der Waals surface area contributed by atoms with Crippen LogP contribution in [-0.4, -0.2) is 38.0 Å². The summed E-state index contributed by atoms with van der Waals surface area (Å²) in [6, 6.07) is 16.9. The molecule has 4 rings (SSSR count). The lowest BCUT2D eigenvalue weighted by Gasteiger charge is -2.12. The molecule has 9 heteroatoms. The third kappa shape index (κ3) is 4.61. The number of aromatic amines is 1. The molecule has 0 aliphatic carbocycles. The summed E-state index contributed by atoms with van der Waals surface area (Å²) in [6.07, 6.45) is 1.49. The first-order valence-electron chi connectivity index (χ1n) is 9.66. The number of ether oxygens (including phenoxy) is 1. The van der Waals surface area contributed by atoms with Crippen molar-refractivity contribution in [3.63, 3.8) is 0 Å². The fourth-order valence-corrected chi connectivity index (χ4v) is 3.83. The molecule has 8 nitrogen and oxygen atoms in total. The number of benzene rings is 2. The van der Waals surface area contributed by atoms with Gasteiger partial charge in [0.2, 0.25) is 5.91 Å². The average Bonchev–Trinajstić information content (AvgIpc) is 3.23. The molecule has 1 amide bonds. The van der Waals surface area contributed by atoms with Crippen LogP contribution in [0.2, 0.25) is 0 Å². The van der Waals surface area contributed by atoms with Crippen molar-refractivity contribution < 1.29 is 9.53 Å². The predicted octanol–water partition coefficient (Wildman–Crippen LogP) is 2.91. The number of para-hydroxylation sites is 1. The van der Waals surface area contributed by atoms with E-state index in [1.54, 1.807) is 18.7 Å². The van der Waals surface area contributed by atoms with Gasteiger partial charge in [0.15, 0.2) is 10.8 Å². The van der Waals surface area contributed by atoms with Gasteiger partial charge in [-0.3, -0.25) is 9.59 Å². The van der Waals surface area contributed by atoms with Crippen LogP contribution in [0.4, 0.5) is 0 Å². The first-order chi connectivity index (χ1) is 15.0. The van der Waals surface area contributed by atoms with Gasteiger partial charge in [0.05, 0.1) is 24.2 Å². The number of fused-ring (bicyclic) bond motifs is 1. The molecule has 0 aliphatic heterocycles. The monoisotopic (exact) mass is 435 g/mol. The average molecular weight is 436 g/mol. The second-order valence-electron chi connectivity index (χ2n) is 6.83. The zero-order valence-electron chi connectivity index (χ0n) is 17.0. The molecule has 4 aromatic rings. The first kappa shape index (κ1) is 20.7. The van der Waals surface area contributed by atoms with Crippen LogP contribution in [-0.2, 0) is 11.3 Å². The van der Waals surface area contributed by atoms with Gasteiger partial charge in [0.25, 0.3) is 5.56 Å². The zero-order chi connectivity index (χ0) is 21.8. The summed E-state index contributed by atoms with van der Waals surface area (Å²) in [7, 11) is 1.61. The summed E-state index contributed by atoms with van der Waals surface area (Å²) in [5.41, 5.74) is 1.92. The number of carbonyl (C=O) groups excluding carboxylic acids is 1. The van der Waals surface area contributed by atoms with Crippen molar-refractivity contribution in [3.05, 3.63) is 76.7 Å². The first-order valence-corrected chi connectivity index (χ1v) is 10.5. The van der Waals surface area contributed by atoms with E-state index in [4.69, 9.17) is 4.74 Å². The highest BCUT2D eigenvalue weighted by atomic mass is 32.2. The van der Waals surface area contributed by atoms with E-state index in [0.717, 1.165) is 17.0 Å². The summed E-state index contributed by atoms with van der Waals surface area (Å²) >= 11 is 1.19. The molecule has 31 heavy (non-hydrogen) atoms. The van der Waals surface area contributed by atoms with Gasteiger partial charge in [-0.25, -0.2) is 9.67 Å². The van der Waals surface area contributed by atoms with E-state index in [1.807, 2.05) is 54.6 Å². The van der Waals surface area contributed by atoms with Crippen molar-refractivity contribution in [1.82, 2.24) is 25.1 Å². The number of hydrogen-bond donors (Lipinski definition) is 2. The minimum atomic E-state index is -0.452. The van der Waals surface area contributed by atoms with Crippen molar-refractivity contribution in [3.8, 4) is 11.4 Å². The molecule has 2 aromatic heterocycles. The number of carbonyl (C=O) groups is 1. The quantitative estimate of drug-likeness (QED) is 0.342. The highest BCUT2D eigenvalue weighted by Gasteiger charge is 2.18. The maximum atomic E-state index is 12.5. The number of rotatable bonds is 7. The molecule has 0 bridgehead atoms. The topological polar surface area (TPSA) is 102 Å². The highest BCUT2D eigenvalue weighted by molar-refractivity contribution is 8.00. The Labute approximate surface area is 182 Å². The van der Waals surface area contributed by atoms with Crippen molar-refractivity contribution in [2.24, 2.45) is 0 Å². The van der Waals surface area contributed by atoms with E-state index in [2.05, 4.69) is 20.4 Å². The molecule has 0 saturated heterocycles. The number of aromatic nitrogens is 4. The molecular formula is C22H21N5O3S. The van der Waals surface area contributed by atoms with E-state index in [-0.39, 0.29) is 11.5 Å². The normalized spacial score (nSPS) is 11.9. The van der Waals surface area contributed by atoms with Gasteiger partial charge < -0.3 is 15.0 Å². The summed E-state index contributed by atoms with van der Waals surface area (Å²) in [5.74, 6) is 0.610. The van der Waals surface area contributed by atoms with E-state index >= 15 is 0 Å².